The van der Waals surface area contributed by atoms with E-state index in [2.05, 4.69) is 5.32 Å². The van der Waals surface area contributed by atoms with E-state index in [1.807, 2.05) is 6.92 Å². The number of anilines is 1. The van der Waals surface area contributed by atoms with Crippen molar-refractivity contribution in [2.75, 3.05) is 18.6 Å². The number of nitrogens with zero attached hydrogens (tertiary/aromatic N) is 1. The first-order valence-electron chi connectivity index (χ1n) is 8.22. The number of carbonyl (C=O) groups is 3. The quantitative estimate of drug-likeness (QED) is 0.839. The second-order valence-electron chi connectivity index (χ2n) is 6.18. The highest BCUT2D eigenvalue weighted by atomic mass is 16.5. The minimum Gasteiger partial charge on any atom is -0.467 e. The molecule has 24 heavy (non-hydrogen) atoms. The molecule has 130 valence electrons. The van der Waals surface area contributed by atoms with Crippen LogP contribution in [0.25, 0.3) is 0 Å². The second-order valence-corrected chi connectivity index (χ2v) is 6.18. The highest BCUT2D eigenvalue weighted by Gasteiger charge is 2.34. The summed E-state index contributed by atoms with van der Waals surface area (Å²) in [5.74, 6) is -0.710. The summed E-state index contributed by atoms with van der Waals surface area (Å²) >= 11 is 0. The summed E-state index contributed by atoms with van der Waals surface area (Å²) in [6, 6.07) is 6.86. The Hall–Kier alpha value is -2.37. The minimum atomic E-state index is -1.06. The van der Waals surface area contributed by atoms with E-state index >= 15 is 0 Å². The molecule has 2 rings (SSSR count). The molecule has 0 aliphatic carbocycles. The van der Waals surface area contributed by atoms with Gasteiger partial charge in [-0.25, -0.2) is 4.79 Å². The normalized spacial score (nSPS) is 17.1. The molecule has 6 nitrogen and oxygen atoms in total. The monoisotopic (exact) mass is 332 g/mol. The molecule has 1 fully saturated rings. The van der Waals surface area contributed by atoms with E-state index in [4.69, 9.17) is 4.74 Å². The summed E-state index contributed by atoms with van der Waals surface area (Å²) in [6.45, 7) is 4.15. The molecule has 1 heterocycles. The van der Waals surface area contributed by atoms with E-state index in [0.29, 0.717) is 24.9 Å². The zero-order valence-corrected chi connectivity index (χ0v) is 14.4. The van der Waals surface area contributed by atoms with Crippen LogP contribution in [0.2, 0.25) is 0 Å². The highest BCUT2D eigenvalue weighted by Crippen LogP contribution is 2.21. The SMILES string of the molecule is CC[C@@](C)(NC(=O)c1ccc(N2CCCCC2=O)cc1)C(=O)OC. The lowest BCUT2D eigenvalue weighted by Gasteiger charge is -2.27. The zero-order valence-electron chi connectivity index (χ0n) is 14.4. The van der Waals surface area contributed by atoms with Crippen molar-refractivity contribution < 1.29 is 19.1 Å². The molecule has 0 aromatic heterocycles. The Labute approximate surface area is 142 Å². The van der Waals surface area contributed by atoms with Crippen LogP contribution in [0, 0.1) is 0 Å². The van der Waals surface area contributed by atoms with Crippen molar-refractivity contribution in [3.63, 3.8) is 0 Å². The Balaban J connectivity index is 2.11. The molecule has 0 spiro atoms. The van der Waals surface area contributed by atoms with Crippen LogP contribution in [0.3, 0.4) is 0 Å². The van der Waals surface area contributed by atoms with Gasteiger partial charge in [-0.05, 0) is 50.5 Å². The van der Waals surface area contributed by atoms with Gasteiger partial charge in [0, 0.05) is 24.2 Å². The third-order valence-electron chi connectivity index (χ3n) is 4.50. The largest absolute Gasteiger partial charge is 0.467 e. The fraction of sp³-hybridized carbons (Fsp3) is 0.500. The molecule has 0 radical (unpaired) electrons. The molecule has 1 aromatic carbocycles. The van der Waals surface area contributed by atoms with Crippen LogP contribution in [0.5, 0.6) is 0 Å². The van der Waals surface area contributed by atoms with Gasteiger partial charge in [0.1, 0.15) is 5.54 Å². The number of nitrogens with one attached hydrogen (secondary N) is 1. The molecule has 1 atom stereocenters. The highest BCUT2D eigenvalue weighted by molar-refractivity contribution is 5.99. The van der Waals surface area contributed by atoms with Crippen molar-refractivity contribution in [2.45, 2.75) is 45.1 Å². The molecule has 6 heteroatoms. The lowest BCUT2D eigenvalue weighted by molar-refractivity contribution is -0.147. The number of hydrogen-bond acceptors (Lipinski definition) is 4. The van der Waals surface area contributed by atoms with Gasteiger partial charge in [-0.15, -0.1) is 0 Å². The number of rotatable bonds is 5. The average molecular weight is 332 g/mol. The smallest absolute Gasteiger partial charge is 0.331 e. The summed E-state index contributed by atoms with van der Waals surface area (Å²) in [6.07, 6.45) is 2.91. The number of piperidine rings is 1. The first-order chi connectivity index (χ1) is 11.4. The molecule has 1 aliphatic rings. The fourth-order valence-electron chi connectivity index (χ4n) is 2.70. The number of carbonyl (C=O) groups excluding carboxylic acids is 3. The molecule has 0 unspecified atom stereocenters. The van der Waals surface area contributed by atoms with E-state index in [0.717, 1.165) is 18.5 Å². The van der Waals surface area contributed by atoms with Gasteiger partial charge < -0.3 is 15.0 Å². The van der Waals surface area contributed by atoms with E-state index < -0.39 is 11.5 Å². The van der Waals surface area contributed by atoms with Gasteiger partial charge in [0.15, 0.2) is 0 Å². The maximum Gasteiger partial charge on any atom is 0.331 e. The number of ether oxygens (including phenoxy) is 1. The van der Waals surface area contributed by atoms with Gasteiger partial charge in [0.05, 0.1) is 7.11 Å². The van der Waals surface area contributed by atoms with Gasteiger partial charge in [-0.3, -0.25) is 9.59 Å². The number of methoxy groups -OCH3 is 1. The molecule has 1 aromatic rings. The Morgan fingerprint density at radius 1 is 1.25 bits per heavy atom. The van der Waals surface area contributed by atoms with Crippen molar-refractivity contribution in [2.24, 2.45) is 0 Å². The summed E-state index contributed by atoms with van der Waals surface area (Å²) in [4.78, 5) is 37.9. The van der Waals surface area contributed by atoms with Crippen molar-refractivity contribution in [3.8, 4) is 0 Å². The van der Waals surface area contributed by atoms with Crippen LogP contribution in [-0.4, -0.2) is 37.0 Å². The molecule has 2 amide bonds. The zero-order chi connectivity index (χ0) is 17.7. The van der Waals surface area contributed by atoms with Crippen molar-refractivity contribution in [3.05, 3.63) is 29.8 Å². The third kappa shape index (κ3) is 3.75. The lowest BCUT2D eigenvalue weighted by atomic mass is 9.98. The third-order valence-corrected chi connectivity index (χ3v) is 4.50. The first-order valence-corrected chi connectivity index (χ1v) is 8.22. The van der Waals surface area contributed by atoms with E-state index in [1.54, 1.807) is 36.1 Å². The molecule has 1 N–H and O–H groups in total. The van der Waals surface area contributed by atoms with Crippen LogP contribution >= 0.6 is 0 Å². The molecule has 1 saturated heterocycles. The maximum absolute atomic E-state index is 12.4. The summed E-state index contributed by atoms with van der Waals surface area (Å²) in [5, 5.41) is 2.72. The first kappa shape index (κ1) is 18.0. The molecule has 1 aliphatic heterocycles. The van der Waals surface area contributed by atoms with Crippen LogP contribution in [0.1, 0.15) is 49.9 Å². The Kier molecular flexibility index (Phi) is 5.59. The molecule has 0 saturated carbocycles. The number of benzene rings is 1. The average Bonchev–Trinajstić information content (AvgIpc) is 2.61. The van der Waals surface area contributed by atoms with Gasteiger partial charge in [0.2, 0.25) is 5.91 Å². The Morgan fingerprint density at radius 2 is 1.92 bits per heavy atom. The van der Waals surface area contributed by atoms with Crippen LogP contribution < -0.4 is 10.2 Å². The van der Waals surface area contributed by atoms with Gasteiger partial charge in [-0.1, -0.05) is 6.92 Å². The predicted molar refractivity (Wildman–Crippen MR) is 90.8 cm³/mol. The Morgan fingerprint density at radius 3 is 2.46 bits per heavy atom. The molecule has 0 bridgehead atoms. The van der Waals surface area contributed by atoms with Crippen molar-refractivity contribution in [1.82, 2.24) is 5.32 Å². The van der Waals surface area contributed by atoms with E-state index in [1.165, 1.54) is 7.11 Å². The fourth-order valence-corrected chi connectivity index (χ4v) is 2.70. The van der Waals surface area contributed by atoms with Crippen molar-refractivity contribution >= 4 is 23.5 Å². The topological polar surface area (TPSA) is 75.7 Å². The van der Waals surface area contributed by atoms with Crippen LogP contribution in [0.4, 0.5) is 5.69 Å². The maximum atomic E-state index is 12.4. The van der Waals surface area contributed by atoms with Crippen molar-refractivity contribution in [1.29, 1.82) is 0 Å². The number of hydrogen-bond donors (Lipinski definition) is 1. The van der Waals surface area contributed by atoms with E-state index in [-0.39, 0.29) is 11.8 Å². The van der Waals surface area contributed by atoms with Gasteiger partial charge >= 0.3 is 5.97 Å². The lowest BCUT2D eigenvalue weighted by Crippen LogP contribution is -2.52. The molecular weight excluding hydrogens is 308 g/mol. The summed E-state index contributed by atoms with van der Waals surface area (Å²) < 4.78 is 4.76. The summed E-state index contributed by atoms with van der Waals surface area (Å²) in [7, 11) is 1.30. The van der Waals surface area contributed by atoms with Crippen LogP contribution in [-0.2, 0) is 14.3 Å². The number of amides is 2. The minimum absolute atomic E-state index is 0.114. The summed E-state index contributed by atoms with van der Waals surface area (Å²) in [5.41, 5.74) is 0.169. The van der Waals surface area contributed by atoms with E-state index in [9.17, 15) is 14.4 Å². The van der Waals surface area contributed by atoms with Gasteiger partial charge in [0.25, 0.3) is 5.91 Å². The van der Waals surface area contributed by atoms with Gasteiger partial charge in [-0.2, -0.15) is 0 Å². The van der Waals surface area contributed by atoms with Crippen LogP contribution in [0.15, 0.2) is 24.3 Å². The number of esters is 1. The Bertz CT molecular complexity index is 626. The molecular formula is C18H24N2O4. The second kappa shape index (κ2) is 7.47. The predicted octanol–water partition coefficient (Wildman–Crippen LogP) is 2.28. The standard InChI is InChI=1S/C18H24N2O4/c1-4-18(2,17(23)24-3)19-16(22)13-8-10-14(11-9-13)20-12-6-5-7-15(20)21/h8-11H,4-7,12H2,1-3H3,(H,19,22)/t18-/m1/s1.